The van der Waals surface area contributed by atoms with Crippen molar-refractivity contribution in [3.63, 3.8) is 0 Å². The highest BCUT2D eigenvalue weighted by Crippen LogP contribution is 2.24. The Kier molecular flexibility index (Phi) is 5.84. The summed E-state index contributed by atoms with van der Waals surface area (Å²) in [5.41, 5.74) is 1.69. The van der Waals surface area contributed by atoms with E-state index in [2.05, 4.69) is 25.2 Å². The maximum absolute atomic E-state index is 9.48. The predicted molar refractivity (Wildman–Crippen MR) is 73.0 cm³/mol. The van der Waals surface area contributed by atoms with E-state index in [1.165, 1.54) is 0 Å². The average Bonchev–Trinajstić information content (AvgIpc) is 2.44. The Bertz CT molecular complexity index is 397. The lowest BCUT2D eigenvalue weighted by Crippen LogP contribution is -2.36. The monoisotopic (exact) mass is 246 g/mol. The van der Waals surface area contributed by atoms with Crippen molar-refractivity contribution in [2.75, 3.05) is 13.2 Å². The van der Waals surface area contributed by atoms with Crippen molar-refractivity contribution in [2.24, 2.45) is 5.41 Å². The molecule has 3 heteroatoms. The Morgan fingerprint density at radius 2 is 1.94 bits per heavy atom. The number of rotatable bonds is 7. The van der Waals surface area contributed by atoms with Gasteiger partial charge in [-0.3, -0.25) is 0 Å². The van der Waals surface area contributed by atoms with Gasteiger partial charge in [-0.2, -0.15) is 5.26 Å². The molecule has 0 atom stereocenters. The molecule has 0 fully saturated rings. The Balaban J connectivity index is 2.58. The van der Waals surface area contributed by atoms with Crippen LogP contribution in [0.3, 0.4) is 0 Å². The van der Waals surface area contributed by atoms with E-state index >= 15 is 0 Å². The standard InChI is InChI=1S/C15H22N2O/c1-3-15(4-2,12-18)11-17-10-14-8-6-5-7-13(14)9-16/h5-8,17-18H,3-4,10-12H2,1-2H3. The van der Waals surface area contributed by atoms with E-state index < -0.39 is 0 Å². The maximum atomic E-state index is 9.48. The van der Waals surface area contributed by atoms with E-state index in [9.17, 15) is 5.11 Å². The zero-order valence-corrected chi connectivity index (χ0v) is 11.2. The van der Waals surface area contributed by atoms with E-state index in [0.717, 1.165) is 24.9 Å². The van der Waals surface area contributed by atoms with Crippen molar-refractivity contribution >= 4 is 0 Å². The van der Waals surface area contributed by atoms with Crippen molar-refractivity contribution in [3.8, 4) is 6.07 Å². The van der Waals surface area contributed by atoms with Crippen LogP contribution in [-0.4, -0.2) is 18.3 Å². The number of nitrogens with zero attached hydrogens (tertiary/aromatic N) is 1. The molecule has 0 spiro atoms. The number of nitriles is 1. The molecule has 0 saturated heterocycles. The van der Waals surface area contributed by atoms with Crippen LogP contribution in [0.1, 0.15) is 37.8 Å². The fraction of sp³-hybridized carbons (Fsp3) is 0.533. The molecule has 0 unspecified atom stereocenters. The molecule has 0 bridgehead atoms. The van der Waals surface area contributed by atoms with Crippen molar-refractivity contribution in [1.82, 2.24) is 5.32 Å². The van der Waals surface area contributed by atoms with Crippen LogP contribution in [0, 0.1) is 16.7 Å². The molecule has 2 N–H and O–H groups in total. The van der Waals surface area contributed by atoms with Crippen LogP contribution in [0.15, 0.2) is 24.3 Å². The molecule has 1 aromatic rings. The van der Waals surface area contributed by atoms with Gasteiger partial charge in [0.1, 0.15) is 0 Å². The summed E-state index contributed by atoms with van der Waals surface area (Å²) in [5, 5.41) is 21.8. The molecule has 98 valence electrons. The lowest BCUT2D eigenvalue weighted by molar-refractivity contribution is 0.113. The molecule has 3 nitrogen and oxygen atoms in total. The van der Waals surface area contributed by atoms with E-state index in [4.69, 9.17) is 5.26 Å². The molecule has 0 aliphatic carbocycles. The Morgan fingerprint density at radius 3 is 2.50 bits per heavy atom. The summed E-state index contributed by atoms with van der Waals surface area (Å²) in [6.07, 6.45) is 1.90. The molecule has 0 aromatic heterocycles. The third kappa shape index (κ3) is 3.56. The molecule has 18 heavy (non-hydrogen) atoms. The second-order valence-corrected chi connectivity index (χ2v) is 4.74. The summed E-state index contributed by atoms with van der Waals surface area (Å²) in [7, 11) is 0. The van der Waals surface area contributed by atoms with Gasteiger partial charge < -0.3 is 10.4 Å². The van der Waals surface area contributed by atoms with Gasteiger partial charge in [-0.15, -0.1) is 0 Å². The van der Waals surface area contributed by atoms with Crippen molar-refractivity contribution in [1.29, 1.82) is 5.26 Å². The van der Waals surface area contributed by atoms with E-state index in [1.54, 1.807) is 0 Å². The number of aliphatic hydroxyl groups excluding tert-OH is 1. The fourth-order valence-corrected chi connectivity index (χ4v) is 2.03. The first-order chi connectivity index (χ1) is 8.71. The summed E-state index contributed by atoms with van der Waals surface area (Å²) in [5.74, 6) is 0. The van der Waals surface area contributed by atoms with Gasteiger partial charge >= 0.3 is 0 Å². The smallest absolute Gasteiger partial charge is 0.0995 e. The second-order valence-electron chi connectivity index (χ2n) is 4.74. The van der Waals surface area contributed by atoms with Crippen molar-refractivity contribution in [2.45, 2.75) is 33.2 Å². The van der Waals surface area contributed by atoms with Crippen molar-refractivity contribution in [3.05, 3.63) is 35.4 Å². The summed E-state index contributed by atoms with van der Waals surface area (Å²) in [4.78, 5) is 0. The maximum Gasteiger partial charge on any atom is 0.0995 e. The van der Waals surface area contributed by atoms with Gasteiger partial charge in [0, 0.05) is 25.1 Å². The SMILES string of the molecule is CCC(CC)(CO)CNCc1ccccc1C#N. The number of hydrogen-bond donors (Lipinski definition) is 2. The Morgan fingerprint density at radius 1 is 1.28 bits per heavy atom. The second kappa shape index (κ2) is 7.15. The third-order valence-electron chi connectivity index (χ3n) is 3.79. The van der Waals surface area contributed by atoms with Crippen LogP contribution in [0.5, 0.6) is 0 Å². The fourth-order valence-electron chi connectivity index (χ4n) is 2.03. The normalized spacial score (nSPS) is 11.2. The number of nitrogens with one attached hydrogen (secondary N) is 1. The van der Waals surface area contributed by atoms with Gasteiger partial charge in [0.15, 0.2) is 0 Å². The molecule has 0 radical (unpaired) electrons. The Hall–Kier alpha value is -1.37. The molecule has 1 rings (SSSR count). The lowest BCUT2D eigenvalue weighted by atomic mass is 9.83. The van der Waals surface area contributed by atoms with Crippen LogP contribution in [0.2, 0.25) is 0 Å². The highest BCUT2D eigenvalue weighted by molar-refractivity contribution is 5.37. The summed E-state index contributed by atoms with van der Waals surface area (Å²) in [6.45, 7) is 5.85. The summed E-state index contributed by atoms with van der Waals surface area (Å²) >= 11 is 0. The zero-order chi connectivity index (χ0) is 13.4. The van der Waals surface area contributed by atoms with Crippen LogP contribution in [0.4, 0.5) is 0 Å². The zero-order valence-electron chi connectivity index (χ0n) is 11.2. The van der Waals surface area contributed by atoms with Crippen LogP contribution in [-0.2, 0) is 6.54 Å². The number of hydrogen-bond acceptors (Lipinski definition) is 3. The van der Waals surface area contributed by atoms with Crippen LogP contribution >= 0.6 is 0 Å². The molecule has 0 saturated carbocycles. The summed E-state index contributed by atoms with van der Waals surface area (Å²) in [6, 6.07) is 9.80. The lowest BCUT2D eigenvalue weighted by Gasteiger charge is -2.29. The minimum absolute atomic E-state index is 0.0401. The Labute approximate surface area is 109 Å². The van der Waals surface area contributed by atoms with Gasteiger partial charge in [-0.1, -0.05) is 32.0 Å². The minimum Gasteiger partial charge on any atom is -0.396 e. The van der Waals surface area contributed by atoms with E-state index in [0.29, 0.717) is 12.1 Å². The first kappa shape index (κ1) is 14.7. The minimum atomic E-state index is -0.0401. The van der Waals surface area contributed by atoms with Gasteiger partial charge in [-0.25, -0.2) is 0 Å². The largest absolute Gasteiger partial charge is 0.396 e. The molecule has 0 aliphatic rings. The van der Waals surface area contributed by atoms with E-state index in [-0.39, 0.29) is 12.0 Å². The highest BCUT2D eigenvalue weighted by atomic mass is 16.3. The number of aliphatic hydroxyl groups is 1. The average molecular weight is 246 g/mol. The molecular weight excluding hydrogens is 224 g/mol. The van der Waals surface area contributed by atoms with Gasteiger partial charge in [0.05, 0.1) is 11.6 Å². The molecule has 1 aromatic carbocycles. The molecule has 0 heterocycles. The molecule has 0 amide bonds. The highest BCUT2D eigenvalue weighted by Gasteiger charge is 2.24. The van der Waals surface area contributed by atoms with Gasteiger partial charge in [0.25, 0.3) is 0 Å². The van der Waals surface area contributed by atoms with Gasteiger partial charge in [-0.05, 0) is 24.5 Å². The quantitative estimate of drug-likeness (QED) is 0.777. The first-order valence-electron chi connectivity index (χ1n) is 6.51. The van der Waals surface area contributed by atoms with Crippen LogP contribution < -0.4 is 5.32 Å². The topological polar surface area (TPSA) is 56.0 Å². The number of benzene rings is 1. The summed E-state index contributed by atoms with van der Waals surface area (Å²) < 4.78 is 0. The molecular formula is C15H22N2O. The van der Waals surface area contributed by atoms with Crippen molar-refractivity contribution < 1.29 is 5.11 Å². The molecule has 0 aliphatic heterocycles. The van der Waals surface area contributed by atoms with E-state index in [1.807, 2.05) is 24.3 Å². The van der Waals surface area contributed by atoms with Crippen LogP contribution in [0.25, 0.3) is 0 Å². The third-order valence-corrected chi connectivity index (χ3v) is 3.79. The predicted octanol–water partition coefficient (Wildman–Crippen LogP) is 2.45. The first-order valence-corrected chi connectivity index (χ1v) is 6.51. The van der Waals surface area contributed by atoms with Gasteiger partial charge in [0.2, 0.25) is 0 Å².